The molecule has 2 aliphatic heterocycles. The zero-order valence-electron chi connectivity index (χ0n) is 19.1. The van der Waals surface area contributed by atoms with E-state index in [0.29, 0.717) is 17.9 Å². The van der Waals surface area contributed by atoms with Crippen LogP contribution in [0.25, 0.3) is 11.1 Å². The molecule has 1 unspecified atom stereocenters. The number of benzene rings is 2. The molecular weight excluding hydrogens is 448 g/mol. The van der Waals surface area contributed by atoms with E-state index in [1.807, 2.05) is 49.4 Å². The highest BCUT2D eigenvalue weighted by Gasteiger charge is 2.35. The molecule has 0 radical (unpaired) electrons. The van der Waals surface area contributed by atoms with Crippen molar-refractivity contribution in [1.82, 2.24) is 0 Å². The predicted molar refractivity (Wildman–Crippen MR) is 128 cm³/mol. The normalized spacial score (nSPS) is 18.9. The summed E-state index contributed by atoms with van der Waals surface area (Å²) in [6, 6.07) is 15.9. The van der Waals surface area contributed by atoms with Gasteiger partial charge >= 0.3 is 5.97 Å². The van der Waals surface area contributed by atoms with Gasteiger partial charge in [-0.25, -0.2) is 4.79 Å². The van der Waals surface area contributed by atoms with E-state index in [2.05, 4.69) is 10.2 Å². The van der Waals surface area contributed by atoms with Crippen molar-refractivity contribution in [3.63, 3.8) is 0 Å². The number of anilines is 2. The van der Waals surface area contributed by atoms with E-state index in [-0.39, 0.29) is 29.3 Å². The van der Waals surface area contributed by atoms with Crippen LogP contribution in [-0.4, -0.2) is 35.5 Å². The maximum atomic E-state index is 13.2. The SMILES string of the molecule is CC(=O)N1c2ccc(-c3ccc(C4C=C(C(=O)O)N=N4)cc3)cc2N(C(=O)c2ccco2)C[C@@H]1C. The number of furan rings is 1. The lowest BCUT2D eigenvalue weighted by Gasteiger charge is -2.40. The number of carbonyl (C=O) groups is 3. The lowest BCUT2D eigenvalue weighted by atomic mass is 9.98. The number of nitrogens with zero attached hydrogens (tertiary/aromatic N) is 4. The summed E-state index contributed by atoms with van der Waals surface area (Å²) < 4.78 is 5.34. The van der Waals surface area contributed by atoms with Crippen LogP contribution in [0, 0.1) is 0 Å². The van der Waals surface area contributed by atoms with E-state index in [1.165, 1.54) is 19.3 Å². The Kier molecular flexibility index (Phi) is 5.52. The molecule has 0 saturated carbocycles. The van der Waals surface area contributed by atoms with E-state index < -0.39 is 12.0 Å². The molecule has 0 bridgehead atoms. The van der Waals surface area contributed by atoms with Crippen LogP contribution in [0.4, 0.5) is 11.4 Å². The van der Waals surface area contributed by atoms with Crippen LogP contribution in [0.2, 0.25) is 0 Å². The van der Waals surface area contributed by atoms with Crippen molar-refractivity contribution in [3.05, 3.63) is 84.0 Å². The minimum absolute atomic E-state index is 0.0701. The van der Waals surface area contributed by atoms with E-state index in [4.69, 9.17) is 9.52 Å². The molecule has 2 amide bonds. The Balaban J connectivity index is 1.51. The van der Waals surface area contributed by atoms with Crippen LogP contribution in [-0.2, 0) is 9.59 Å². The van der Waals surface area contributed by atoms with Gasteiger partial charge in [0.1, 0.15) is 6.04 Å². The van der Waals surface area contributed by atoms with Crippen molar-refractivity contribution < 1.29 is 23.9 Å². The molecule has 1 aromatic heterocycles. The molecule has 9 heteroatoms. The highest BCUT2D eigenvalue weighted by molar-refractivity contribution is 6.10. The molecule has 35 heavy (non-hydrogen) atoms. The van der Waals surface area contributed by atoms with Gasteiger partial charge in [-0.2, -0.15) is 5.11 Å². The van der Waals surface area contributed by atoms with Crippen molar-refractivity contribution in [2.75, 3.05) is 16.3 Å². The maximum absolute atomic E-state index is 13.2. The maximum Gasteiger partial charge on any atom is 0.356 e. The molecule has 0 fully saturated rings. The number of amides is 2. The van der Waals surface area contributed by atoms with Crippen LogP contribution in [0.15, 0.2) is 87.3 Å². The second-order valence-electron chi connectivity index (χ2n) is 8.47. The number of azo groups is 1. The average molecular weight is 470 g/mol. The molecule has 2 aromatic carbocycles. The number of hydrogen-bond donors (Lipinski definition) is 1. The van der Waals surface area contributed by atoms with Crippen molar-refractivity contribution in [2.24, 2.45) is 10.2 Å². The van der Waals surface area contributed by atoms with Gasteiger partial charge in [-0.05, 0) is 54.0 Å². The van der Waals surface area contributed by atoms with Gasteiger partial charge in [0.25, 0.3) is 5.91 Å². The summed E-state index contributed by atoms with van der Waals surface area (Å²) in [5.41, 5.74) is 3.79. The summed E-state index contributed by atoms with van der Waals surface area (Å²) in [6.45, 7) is 3.75. The quantitative estimate of drug-likeness (QED) is 0.587. The molecule has 5 rings (SSSR count). The highest BCUT2D eigenvalue weighted by Crippen LogP contribution is 2.40. The fourth-order valence-electron chi connectivity index (χ4n) is 4.50. The minimum Gasteiger partial charge on any atom is -0.476 e. The first-order chi connectivity index (χ1) is 16.8. The molecule has 176 valence electrons. The van der Waals surface area contributed by atoms with Crippen molar-refractivity contribution >= 4 is 29.2 Å². The average Bonchev–Trinajstić information content (AvgIpc) is 3.55. The van der Waals surface area contributed by atoms with Crippen molar-refractivity contribution in [1.29, 1.82) is 0 Å². The molecule has 9 nitrogen and oxygen atoms in total. The smallest absolute Gasteiger partial charge is 0.356 e. The van der Waals surface area contributed by atoms with Crippen molar-refractivity contribution in [2.45, 2.75) is 25.9 Å². The zero-order chi connectivity index (χ0) is 24.7. The number of hydrogen-bond acceptors (Lipinski definition) is 6. The number of rotatable bonds is 4. The van der Waals surface area contributed by atoms with Gasteiger partial charge in [-0.15, -0.1) is 5.11 Å². The first kappa shape index (κ1) is 22.3. The Morgan fingerprint density at radius 2 is 1.77 bits per heavy atom. The number of carboxylic acids is 1. The second-order valence-corrected chi connectivity index (χ2v) is 8.47. The van der Waals surface area contributed by atoms with Crippen molar-refractivity contribution in [3.8, 4) is 11.1 Å². The van der Waals surface area contributed by atoms with Crippen LogP contribution < -0.4 is 9.80 Å². The van der Waals surface area contributed by atoms with Crippen LogP contribution in [0.1, 0.15) is 36.0 Å². The number of carboxylic acid groups (broad SMARTS) is 1. The molecule has 2 aliphatic rings. The van der Waals surface area contributed by atoms with Crippen LogP contribution in [0.5, 0.6) is 0 Å². The van der Waals surface area contributed by atoms with Gasteiger partial charge in [0, 0.05) is 13.5 Å². The molecule has 0 spiro atoms. The standard InChI is InChI=1S/C26H22N4O5/c1-15-14-29(25(32)24-4-3-11-35-24)23-12-19(9-10-22(23)30(15)16(2)31)17-5-7-18(8-6-17)20-13-21(26(33)34)28-27-20/h3-13,15,20H,14H2,1-2H3,(H,33,34)/t15-,20?/m0/s1. The molecular formula is C26H22N4O5. The minimum atomic E-state index is -1.11. The van der Waals surface area contributed by atoms with E-state index in [1.54, 1.807) is 21.9 Å². The third kappa shape index (κ3) is 4.01. The topological polar surface area (TPSA) is 116 Å². The summed E-state index contributed by atoms with van der Waals surface area (Å²) in [5, 5.41) is 16.8. The van der Waals surface area contributed by atoms with Crippen LogP contribution >= 0.6 is 0 Å². The van der Waals surface area contributed by atoms with E-state index >= 15 is 0 Å². The summed E-state index contributed by atoms with van der Waals surface area (Å²) in [4.78, 5) is 40.1. The fourth-order valence-corrected chi connectivity index (χ4v) is 4.50. The predicted octanol–water partition coefficient (Wildman–Crippen LogP) is 4.82. The monoisotopic (exact) mass is 470 g/mol. The summed E-state index contributed by atoms with van der Waals surface area (Å²) in [5.74, 6) is -1.25. The molecule has 1 N–H and O–H groups in total. The Morgan fingerprint density at radius 3 is 2.40 bits per heavy atom. The summed E-state index contributed by atoms with van der Waals surface area (Å²) in [7, 11) is 0. The Morgan fingerprint density at radius 1 is 1.03 bits per heavy atom. The summed E-state index contributed by atoms with van der Waals surface area (Å²) >= 11 is 0. The molecule has 3 aromatic rings. The third-order valence-corrected chi connectivity index (χ3v) is 6.14. The van der Waals surface area contributed by atoms with Gasteiger partial charge in [-0.1, -0.05) is 30.3 Å². The Hall–Kier alpha value is -4.53. The molecule has 0 aliphatic carbocycles. The van der Waals surface area contributed by atoms with Gasteiger partial charge in [0.05, 0.1) is 23.7 Å². The Labute approximate surface area is 201 Å². The largest absolute Gasteiger partial charge is 0.476 e. The third-order valence-electron chi connectivity index (χ3n) is 6.14. The molecule has 2 atom stereocenters. The lowest BCUT2D eigenvalue weighted by molar-refractivity contribution is -0.132. The van der Waals surface area contributed by atoms with Gasteiger partial charge in [0.2, 0.25) is 5.91 Å². The number of aliphatic carboxylic acids is 1. The van der Waals surface area contributed by atoms with Gasteiger partial charge in [0.15, 0.2) is 11.5 Å². The number of carbonyl (C=O) groups excluding carboxylic acids is 2. The van der Waals surface area contributed by atoms with E-state index in [0.717, 1.165) is 16.7 Å². The van der Waals surface area contributed by atoms with Gasteiger partial charge in [-0.3, -0.25) is 9.59 Å². The zero-order valence-corrected chi connectivity index (χ0v) is 19.1. The lowest BCUT2D eigenvalue weighted by Crippen LogP contribution is -2.51. The summed E-state index contributed by atoms with van der Waals surface area (Å²) in [6.07, 6.45) is 2.96. The van der Waals surface area contributed by atoms with Crippen LogP contribution in [0.3, 0.4) is 0 Å². The second kappa shape index (κ2) is 8.68. The molecule has 3 heterocycles. The molecule has 0 saturated heterocycles. The highest BCUT2D eigenvalue weighted by atomic mass is 16.4. The first-order valence-corrected chi connectivity index (χ1v) is 11.1. The fraction of sp³-hybridized carbons (Fsp3) is 0.192. The number of fused-ring (bicyclic) bond motifs is 1. The van der Waals surface area contributed by atoms with Gasteiger partial charge < -0.3 is 19.3 Å². The Bertz CT molecular complexity index is 1380. The van der Waals surface area contributed by atoms with E-state index in [9.17, 15) is 14.4 Å². The first-order valence-electron chi connectivity index (χ1n) is 11.1.